The predicted octanol–water partition coefficient (Wildman–Crippen LogP) is 4.02. The van der Waals surface area contributed by atoms with E-state index >= 15 is 0 Å². The average molecular weight is 517 g/mol. The summed E-state index contributed by atoms with van der Waals surface area (Å²) in [6.45, 7) is 7.64. The number of nitrogens with one attached hydrogen (secondary N) is 2. The summed E-state index contributed by atoms with van der Waals surface area (Å²) in [6, 6.07) is 5.68. The topological polar surface area (TPSA) is 107 Å². The Morgan fingerprint density at radius 1 is 1.31 bits per heavy atom. The van der Waals surface area contributed by atoms with E-state index in [0.29, 0.717) is 39.8 Å². The molecule has 4 rings (SSSR count). The molecule has 1 amide bonds. The molecule has 8 nitrogen and oxygen atoms in total. The first-order chi connectivity index (χ1) is 16.7. The highest BCUT2D eigenvalue weighted by Gasteiger charge is 2.47. The Kier molecular flexibility index (Phi) is 7.36. The fourth-order valence-electron chi connectivity index (χ4n) is 4.76. The number of carbonyl (C=O) groups excluding carboxylic acids is 1. The molecular weight excluding hydrogens is 488 g/mol. The van der Waals surface area contributed by atoms with Crippen LogP contribution in [0, 0.1) is 31.1 Å². The maximum Gasteiger partial charge on any atom is 0.254 e. The number of amides is 1. The quantitative estimate of drug-likeness (QED) is 0.441. The highest BCUT2D eigenvalue weighted by molar-refractivity contribution is 7.98. The molecule has 1 atom stereocenters. The van der Waals surface area contributed by atoms with Gasteiger partial charge in [-0.1, -0.05) is 11.6 Å². The molecule has 2 N–H and O–H groups in total. The molecular formula is C25H29ClN4O4S. The van der Waals surface area contributed by atoms with Crippen LogP contribution in [0.3, 0.4) is 0 Å². The molecule has 1 unspecified atom stereocenters. The number of aryl methyl sites for hydroxylation is 1. The van der Waals surface area contributed by atoms with Crippen LogP contribution < -0.4 is 20.3 Å². The van der Waals surface area contributed by atoms with Crippen molar-refractivity contribution in [1.29, 1.82) is 5.26 Å². The van der Waals surface area contributed by atoms with E-state index in [0.717, 1.165) is 36.5 Å². The van der Waals surface area contributed by atoms with Crippen LogP contribution in [0.25, 0.3) is 0 Å². The molecule has 2 aromatic rings. The smallest absolute Gasteiger partial charge is 0.254 e. The van der Waals surface area contributed by atoms with Crippen LogP contribution in [0.2, 0.25) is 5.02 Å². The third kappa shape index (κ3) is 5.01. The van der Waals surface area contributed by atoms with Gasteiger partial charge in [-0.25, -0.2) is 0 Å². The molecule has 186 valence electrons. The first kappa shape index (κ1) is 25.4. The standard InChI is InChI=1S/C25H29ClN4O4S/c1-14-11-20(35-4)18(24(32)29-14)13-28-23(31)17-12-19(26)22-21(15(17)2)33-25(3,34-22)16-5-8-30(9-6-16)10-7-27/h11-12,16H,5-6,8-10,13H2,1-4H3,(H,28,31)(H,29,32). The normalized spacial score (nSPS) is 20.0. The van der Waals surface area contributed by atoms with E-state index in [1.165, 1.54) is 11.8 Å². The van der Waals surface area contributed by atoms with E-state index in [9.17, 15) is 9.59 Å². The molecule has 1 saturated heterocycles. The average Bonchev–Trinajstić information content (AvgIpc) is 3.20. The third-order valence-corrected chi connectivity index (χ3v) is 7.88. The van der Waals surface area contributed by atoms with Crippen molar-refractivity contribution in [2.24, 2.45) is 5.92 Å². The molecule has 2 aliphatic heterocycles. The minimum atomic E-state index is -0.896. The van der Waals surface area contributed by atoms with Crippen molar-refractivity contribution >= 4 is 29.3 Å². The zero-order valence-corrected chi connectivity index (χ0v) is 21.9. The van der Waals surface area contributed by atoms with Crippen molar-refractivity contribution in [3.63, 3.8) is 0 Å². The number of hydrogen-bond acceptors (Lipinski definition) is 7. The molecule has 35 heavy (non-hydrogen) atoms. The molecule has 0 radical (unpaired) electrons. The summed E-state index contributed by atoms with van der Waals surface area (Å²) in [5.74, 6) is -0.200. The Labute approximate surface area is 213 Å². The molecule has 3 heterocycles. The van der Waals surface area contributed by atoms with Crippen LogP contribution in [-0.2, 0) is 6.54 Å². The summed E-state index contributed by atoms with van der Waals surface area (Å²) in [7, 11) is 0. The lowest BCUT2D eigenvalue weighted by Gasteiger charge is -2.38. The molecule has 1 aromatic heterocycles. The fourth-order valence-corrected chi connectivity index (χ4v) is 5.70. The number of carbonyl (C=O) groups is 1. The summed E-state index contributed by atoms with van der Waals surface area (Å²) in [6.07, 6.45) is 3.56. The maximum absolute atomic E-state index is 13.1. The first-order valence-corrected chi connectivity index (χ1v) is 13.1. The van der Waals surface area contributed by atoms with Gasteiger partial charge in [0.25, 0.3) is 17.3 Å². The lowest BCUT2D eigenvalue weighted by atomic mass is 9.89. The van der Waals surface area contributed by atoms with Gasteiger partial charge in [0.1, 0.15) is 0 Å². The molecule has 1 fully saturated rings. The molecule has 0 bridgehead atoms. The predicted molar refractivity (Wildman–Crippen MR) is 135 cm³/mol. The monoisotopic (exact) mass is 516 g/mol. The maximum atomic E-state index is 13.1. The van der Waals surface area contributed by atoms with Gasteiger partial charge in [-0.2, -0.15) is 5.26 Å². The SMILES string of the molecule is CSc1cc(C)[nH]c(=O)c1CNC(=O)c1cc(Cl)c2c(c1C)OC(C)(C1CCN(CC#N)CC1)O2. The minimum absolute atomic E-state index is 0.0924. The van der Waals surface area contributed by atoms with Crippen molar-refractivity contribution in [3.05, 3.63) is 49.9 Å². The van der Waals surface area contributed by atoms with Gasteiger partial charge in [-0.05, 0) is 58.2 Å². The Bertz CT molecular complexity index is 1250. The number of H-pyrrole nitrogens is 1. The second kappa shape index (κ2) is 10.1. The highest BCUT2D eigenvalue weighted by atomic mass is 35.5. The fraction of sp³-hybridized carbons (Fsp3) is 0.480. The number of halogens is 1. The van der Waals surface area contributed by atoms with E-state index in [-0.39, 0.29) is 23.9 Å². The first-order valence-electron chi connectivity index (χ1n) is 11.5. The van der Waals surface area contributed by atoms with Gasteiger partial charge in [0, 0.05) is 46.7 Å². The van der Waals surface area contributed by atoms with Gasteiger partial charge in [-0.15, -0.1) is 11.8 Å². The zero-order valence-electron chi connectivity index (χ0n) is 20.3. The number of benzene rings is 1. The summed E-state index contributed by atoms with van der Waals surface area (Å²) in [5, 5.41) is 12.1. The lowest BCUT2D eigenvalue weighted by molar-refractivity contribution is -0.124. The lowest BCUT2D eigenvalue weighted by Crippen LogP contribution is -2.48. The van der Waals surface area contributed by atoms with Crippen LogP contribution >= 0.6 is 23.4 Å². The number of hydrogen-bond donors (Lipinski definition) is 2. The number of piperidine rings is 1. The molecule has 1 aromatic carbocycles. The van der Waals surface area contributed by atoms with E-state index < -0.39 is 5.79 Å². The van der Waals surface area contributed by atoms with Gasteiger partial charge in [0.05, 0.1) is 17.6 Å². The number of pyridine rings is 1. The Hall–Kier alpha value is -2.67. The molecule has 0 spiro atoms. The van der Waals surface area contributed by atoms with Crippen LogP contribution in [0.15, 0.2) is 21.8 Å². The Morgan fingerprint density at radius 3 is 2.66 bits per heavy atom. The van der Waals surface area contributed by atoms with Gasteiger partial charge in [0.2, 0.25) is 0 Å². The number of thioether (sulfide) groups is 1. The van der Waals surface area contributed by atoms with Crippen LogP contribution in [0.1, 0.15) is 46.9 Å². The van der Waals surface area contributed by atoms with Crippen LogP contribution in [0.4, 0.5) is 0 Å². The van der Waals surface area contributed by atoms with Crippen molar-refractivity contribution < 1.29 is 14.3 Å². The van der Waals surface area contributed by atoms with Crippen molar-refractivity contribution in [2.45, 2.75) is 50.8 Å². The van der Waals surface area contributed by atoms with Gasteiger partial charge < -0.3 is 19.8 Å². The number of nitriles is 1. The summed E-state index contributed by atoms with van der Waals surface area (Å²) in [4.78, 5) is 31.3. The second-order valence-corrected chi connectivity index (χ2v) is 10.4. The number of likely N-dealkylation sites (tertiary alicyclic amines) is 1. The van der Waals surface area contributed by atoms with Crippen LogP contribution in [-0.4, -0.2) is 47.5 Å². The molecule has 0 saturated carbocycles. The molecule has 0 aliphatic carbocycles. The summed E-state index contributed by atoms with van der Waals surface area (Å²) in [5.41, 5.74) is 2.07. The number of nitrogens with zero attached hydrogens (tertiary/aromatic N) is 2. The van der Waals surface area contributed by atoms with E-state index in [2.05, 4.69) is 21.3 Å². The number of aromatic nitrogens is 1. The molecule has 10 heteroatoms. The van der Waals surface area contributed by atoms with Crippen molar-refractivity contribution in [3.8, 4) is 17.6 Å². The number of rotatable bonds is 6. The second-order valence-electron chi connectivity index (χ2n) is 9.13. The van der Waals surface area contributed by atoms with Crippen molar-refractivity contribution in [1.82, 2.24) is 15.2 Å². The largest absolute Gasteiger partial charge is 0.448 e. The van der Waals surface area contributed by atoms with E-state index in [1.807, 2.05) is 26.2 Å². The summed E-state index contributed by atoms with van der Waals surface area (Å²) >= 11 is 8.00. The summed E-state index contributed by atoms with van der Waals surface area (Å²) < 4.78 is 12.6. The van der Waals surface area contributed by atoms with E-state index in [1.54, 1.807) is 13.0 Å². The van der Waals surface area contributed by atoms with Gasteiger partial charge >= 0.3 is 0 Å². The Morgan fingerprint density at radius 2 is 2.00 bits per heavy atom. The molecule has 2 aliphatic rings. The minimum Gasteiger partial charge on any atom is -0.448 e. The highest BCUT2D eigenvalue weighted by Crippen LogP contribution is 2.51. The number of ether oxygens (including phenoxy) is 2. The zero-order chi connectivity index (χ0) is 25.3. The Balaban J connectivity index is 1.52. The number of aromatic amines is 1. The van der Waals surface area contributed by atoms with Crippen LogP contribution in [0.5, 0.6) is 11.5 Å². The van der Waals surface area contributed by atoms with E-state index in [4.69, 9.17) is 26.3 Å². The third-order valence-electron chi connectivity index (χ3n) is 6.79. The van der Waals surface area contributed by atoms with Gasteiger partial charge in [0.15, 0.2) is 11.5 Å². The van der Waals surface area contributed by atoms with Crippen molar-refractivity contribution in [2.75, 3.05) is 25.9 Å². The number of fused-ring (bicyclic) bond motifs is 1. The van der Waals surface area contributed by atoms with Gasteiger partial charge in [-0.3, -0.25) is 14.5 Å².